The summed E-state index contributed by atoms with van der Waals surface area (Å²) in [7, 11) is 0. The maximum atomic E-state index is 12.6. The van der Waals surface area contributed by atoms with E-state index in [1.165, 1.54) is 0 Å². The fourth-order valence-electron chi connectivity index (χ4n) is 2.21. The first-order valence-electron chi connectivity index (χ1n) is 8.04. The van der Waals surface area contributed by atoms with Crippen LogP contribution in [-0.4, -0.2) is 40.6 Å². The molecule has 0 saturated heterocycles. The molecule has 0 aromatic carbocycles. The molecule has 1 amide bonds. The number of hydrogen-bond donors (Lipinski definition) is 1. The number of amides is 1. The average Bonchev–Trinajstić information content (AvgIpc) is 3.19. The van der Waals surface area contributed by atoms with E-state index in [1.54, 1.807) is 20.8 Å². The van der Waals surface area contributed by atoms with Gasteiger partial charge in [0.25, 0.3) is 5.91 Å². The summed E-state index contributed by atoms with van der Waals surface area (Å²) >= 11 is 1.96. The summed E-state index contributed by atoms with van der Waals surface area (Å²) in [6, 6.07) is 0. The minimum Gasteiger partial charge on any atom is -0.462 e. The van der Waals surface area contributed by atoms with Crippen molar-refractivity contribution >= 4 is 45.7 Å². The van der Waals surface area contributed by atoms with Gasteiger partial charge in [-0.3, -0.25) is 4.79 Å². The van der Waals surface area contributed by atoms with Gasteiger partial charge in [-0.15, -0.1) is 16.4 Å². The van der Waals surface area contributed by atoms with Gasteiger partial charge < -0.3 is 14.8 Å². The quantitative estimate of drug-likeness (QED) is 0.715. The van der Waals surface area contributed by atoms with Crippen molar-refractivity contribution < 1.29 is 23.9 Å². The second-order valence-electron chi connectivity index (χ2n) is 5.06. The van der Waals surface area contributed by atoms with Crippen LogP contribution in [0.15, 0.2) is 0 Å². The van der Waals surface area contributed by atoms with Crippen molar-refractivity contribution in [2.75, 3.05) is 18.5 Å². The SMILES string of the molecule is CCOC(=O)c1sc(NC(=O)c2snnc2CC)c(C(=O)OCC)c1C. The monoisotopic (exact) mass is 397 g/mol. The van der Waals surface area contributed by atoms with Crippen LogP contribution in [0.1, 0.15) is 61.7 Å². The van der Waals surface area contributed by atoms with Crippen molar-refractivity contribution in [3.8, 4) is 0 Å². The van der Waals surface area contributed by atoms with E-state index in [-0.39, 0.29) is 28.7 Å². The number of nitrogens with zero attached hydrogens (tertiary/aromatic N) is 2. The number of ether oxygens (including phenoxy) is 2. The standard InChI is InChI=1S/C16H19N3O5S2/c1-5-9-12(26-19-18-9)13(20)17-14-10(15(21)23-6-2)8(4)11(25-14)16(22)24-7-3/h5-7H2,1-4H3,(H,17,20). The molecule has 2 heterocycles. The van der Waals surface area contributed by atoms with E-state index in [0.29, 0.717) is 22.6 Å². The molecule has 140 valence electrons. The first-order valence-corrected chi connectivity index (χ1v) is 9.63. The molecule has 0 saturated carbocycles. The maximum absolute atomic E-state index is 12.6. The molecule has 26 heavy (non-hydrogen) atoms. The molecule has 0 bridgehead atoms. The van der Waals surface area contributed by atoms with Crippen LogP contribution in [0.25, 0.3) is 0 Å². The Morgan fingerprint density at radius 2 is 1.69 bits per heavy atom. The van der Waals surface area contributed by atoms with Crippen molar-refractivity contribution in [2.45, 2.75) is 34.1 Å². The largest absolute Gasteiger partial charge is 0.462 e. The molecule has 10 heteroatoms. The zero-order valence-corrected chi connectivity index (χ0v) is 16.5. The van der Waals surface area contributed by atoms with E-state index in [4.69, 9.17) is 9.47 Å². The van der Waals surface area contributed by atoms with Crippen molar-refractivity contribution in [1.29, 1.82) is 0 Å². The minimum atomic E-state index is -0.606. The Kier molecular flexibility index (Phi) is 6.81. The molecule has 0 atom stereocenters. The van der Waals surface area contributed by atoms with Crippen LogP contribution in [0.4, 0.5) is 5.00 Å². The van der Waals surface area contributed by atoms with E-state index in [9.17, 15) is 14.4 Å². The molecule has 0 spiro atoms. The van der Waals surface area contributed by atoms with Crippen LogP contribution < -0.4 is 5.32 Å². The molecule has 0 radical (unpaired) electrons. The first-order chi connectivity index (χ1) is 12.4. The summed E-state index contributed by atoms with van der Waals surface area (Å²) in [4.78, 5) is 37.6. The third-order valence-corrected chi connectivity index (χ3v) is 5.37. The van der Waals surface area contributed by atoms with Gasteiger partial charge in [0, 0.05) is 0 Å². The smallest absolute Gasteiger partial charge is 0.348 e. The molecule has 0 fully saturated rings. The second kappa shape index (κ2) is 8.86. The first kappa shape index (κ1) is 20.0. The lowest BCUT2D eigenvalue weighted by atomic mass is 10.1. The van der Waals surface area contributed by atoms with Gasteiger partial charge in [-0.25, -0.2) is 9.59 Å². The van der Waals surface area contributed by atoms with Gasteiger partial charge in [0.1, 0.15) is 14.8 Å². The predicted molar refractivity (Wildman–Crippen MR) is 98.2 cm³/mol. The molecule has 0 aliphatic heterocycles. The highest BCUT2D eigenvalue weighted by atomic mass is 32.1. The summed E-state index contributed by atoms with van der Waals surface area (Å²) in [5.74, 6) is -1.58. The highest BCUT2D eigenvalue weighted by Gasteiger charge is 2.28. The molecule has 0 aliphatic carbocycles. The van der Waals surface area contributed by atoms with Gasteiger partial charge in [-0.05, 0) is 44.3 Å². The lowest BCUT2D eigenvalue weighted by Crippen LogP contribution is -2.15. The summed E-state index contributed by atoms with van der Waals surface area (Å²) in [6.07, 6.45) is 0.557. The molecule has 2 rings (SSSR count). The lowest BCUT2D eigenvalue weighted by Gasteiger charge is -2.06. The number of carbonyl (C=O) groups excluding carboxylic acids is 3. The average molecular weight is 397 g/mol. The van der Waals surface area contributed by atoms with Gasteiger partial charge in [-0.2, -0.15) is 0 Å². The maximum Gasteiger partial charge on any atom is 0.348 e. The molecule has 0 aliphatic rings. The van der Waals surface area contributed by atoms with E-state index in [0.717, 1.165) is 22.9 Å². The summed E-state index contributed by atoms with van der Waals surface area (Å²) in [6.45, 7) is 7.25. The van der Waals surface area contributed by atoms with Gasteiger partial charge >= 0.3 is 11.9 Å². The zero-order valence-electron chi connectivity index (χ0n) is 14.9. The van der Waals surface area contributed by atoms with Gasteiger partial charge in [0.2, 0.25) is 0 Å². The van der Waals surface area contributed by atoms with Crippen LogP contribution in [0, 0.1) is 6.92 Å². The second-order valence-corrected chi connectivity index (χ2v) is 6.83. The topological polar surface area (TPSA) is 107 Å². The number of carbonyl (C=O) groups is 3. The molecule has 1 N–H and O–H groups in total. The minimum absolute atomic E-state index is 0.156. The highest BCUT2D eigenvalue weighted by Crippen LogP contribution is 2.35. The van der Waals surface area contributed by atoms with Gasteiger partial charge in [0.15, 0.2) is 0 Å². The zero-order chi connectivity index (χ0) is 19.3. The van der Waals surface area contributed by atoms with Crippen molar-refractivity contribution in [3.63, 3.8) is 0 Å². The van der Waals surface area contributed by atoms with Crippen LogP contribution in [0.2, 0.25) is 0 Å². The molecule has 0 unspecified atom stereocenters. The van der Waals surface area contributed by atoms with Crippen LogP contribution in [-0.2, 0) is 15.9 Å². The number of anilines is 1. The number of esters is 2. The number of rotatable bonds is 7. The summed E-state index contributed by atoms with van der Waals surface area (Å²) < 4.78 is 13.9. The Bertz CT molecular complexity index is 828. The van der Waals surface area contributed by atoms with Crippen molar-refractivity contribution in [3.05, 3.63) is 26.6 Å². The fraction of sp³-hybridized carbons (Fsp3) is 0.438. The molecule has 2 aromatic heterocycles. The number of nitrogens with one attached hydrogen (secondary N) is 1. The molecule has 2 aromatic rings. The van der Waals surface area contributed by atoms with Crippen molar-refractivity contribution in [2.24, 2.45) is 0 Å². The predicted octanol–water partition coefficient (Wildman–Crippen LogP) is 3.08. The Labute approximate surface area is 158 Å². The normalized spacial score (nSPS) is 10.5. The number of aromatic nitrogens is 2. The highest BCUT2D eigenvalue weighted by molar-refractivity contribution is 7.18. The Morgan fingerprint density at radius 1 is 1.04 bits per heavy atom. The Morgan fingerprint density at radius 3 is 2.31 bits per heavy atom. The molecular formula is C16H19N3O5S2. The molecular weight excluding hydrogens is 378 g/mol. The van der Waals surface area contributed by atoms with Gasteiger partial charge in [-0.1, -0.05) is 11.4 Å². The third kappa shape index (κ3) is 4.07. The fourth-order valence-corrected chi connectivity index (χ4v) is 3.94. The van der Waals surface area contributed by atoms with E-state index in [2.05, 4.69) is 14.9 Å². The number of aryl methyl sites for hydroxylation is 1. The Hall–Kier alpha value is -2.33. The van der Waals surface area contributed by atoms with Crippen molar-refractivity contribution in [1.82, 2.24) is 9.59 Å². The van der Waals surface area contributed by atoms with Gasteiger partial charge in [0.05, 0.1) is 24.5 Å². The van der Waals surface area contributed by atoms with E-state index < -0.39 is 17.8 Å². The van der Waals surface area contributed by atoms with Crippen LogP contribution in [0.3, 0.4) is 0 Å². The van der Waals surface area contributed by atoms with E-state index >= 15 is 0 Å². The van der Waals surface area contributed by atoms with E-state index in [1.807, 2.05) is 6.92 Å². The lowest BCUT2D eigenvalue weighted by molar-refractivity contribution is 0.0527. The number of hydrogen-bond acceptors (Lipinski definition) is 9. The number of thiophene rings is 1. The summed E-state index contributed by atoms with van der Waals surface area (Å²) in [5.41, 5.74) is 1.15. The third-order valence-electron chi connectivity index (χ3n) is 3.41. The summed E-state index contributed by atoms with van der Waals surface area (Å²) in [5, 5.41) is 6.83. The van der Waals surface area contributed by atoms with Crippen LogP contribution >= 0.6 is 22.9 Å². The Balaban J connectivity index is 2.42. The molecule has 8 nitrogen and oxygen atoms in total. The van der Waals surface area contributed by atoms with Crippen LogP contribution in [0.5, 0.6) is 0 Å².